The molecule has 0 spiro atoms. The predicted molar refractivity (Wildman–Crippen MR) is 79.8 cm³/mol. The molecular weight excluding hydrogens is 254 g/mol. The summed E-state index contributed by atoms with van der Waals surface area (Å²) in [6.07, 6.45) is 2.54. The zero-order valence-electron chi connectivity index (χ0n) is 12.2. The van der Waals surface area contributed by atoms with Crippen molar-refractivity contribution in [2.45, 2.75) is 38.8 Å². The van der Waals surface area contributed by atoms with E-state index in [1.54, 1.807) is 12.1 Å². The van der Waals surface area contributed by atoms with Crippen LogP contribution in [0.3, 0.4) is 0 Å². The molecule has 110 valence electrons. The summed E-state index contributed by atoms with van der Waals surface area (Å²) in [4.78, 5) is 12.8. The first-order valence-corrected chi connectivity index (χ1v) is 7.33. The van der Waals surface area contributed by atoms with Gasteiger partial charge < -0.3 is 5.32 Å². The molecule has 5 heteroatoms. The van der Waals surface area contributed by atoms with Gasteiger partial charge in [0.15, 0.2) is 0 Å². The van der Waals surface area contributed by atoms with E-state index in [0.29, 0.717) is 6.04 Å². The van der Waals surface area contributed by atoms with Crippen LogP contribution < -0.4 is 5.32 Å². The molecule has 1 fully saturated rings. The Hall–Kier alpha value is -1.46. The maximum absolute atomic E-state index is 10.6. The summed E-state index contributed by atoms with van der Waals surface area (Å²) >= 11 is 0. The molecule has 2 rings (SSSR count). The molecule has 20 heavy (non-hydrogen) atoms. The largest absolute Gasteiger partial charge is 0.309 e. The van der Waals surface area contributed by atoms with Crippen molar-refractivity contribution in [3.63, 3.8) is 0 Å². The molecule has 0 radical (unpaired) electrons. The quantitative estimate of drug-likeness (QED) is 0.641. The van der Waals surface area contributed by atoms with Gasteiger partial charge in [-0.05, 0) is 38.4 Å². The van der Waals surface area contributed by atoms with Crippen LogP contribution in [-0.2, 0) is 0 Å². The van der Waals surface area contributed by atoms with Crippen molar-refractivity contribution in [1.82, 2.24) is 10.2 Å². The number of nitro groups is 1. The van der Waals surface area contributed by atoms with E-state index in [1.165, 1.54) is 19.4 Å². The molecule has 2 atom stereocenters. The lowest BCUT2D eigenvalue weighted by Crippen LogP contribution is -2.38. The smallest absolute Gasteiger partial charge is 0.269 e. The SMILES string of the molecule is CCN1CCCC1CNC(C)c1ccc([N+](=O)[O-])cc1. The number of benzene rings is 1. The zero-order chi connectivity index (χ0) is 14.5. The Labute approximate surface area is 120 Å². The fraction of sp³-hybridized carbons (Fsp3) is 0.600. The van der Waals surface area contributed by atoms with Crippen molar-refractivity contribution >= 4 is 5.69 Å². The second-order valence-electron chi connectivity index (χ2n) is 5.40. The summed E-state index contributed by atoms with van der Waals surface area (Å²) in [6, 6.07) is 7.66. The van der Waals surface area contributed by atoms with Gasteiger partial charge in [0.2, 0.25) is 0 Å². The molecule has 1 aliphatic rings. The number of hydrogen-bond donors (Lipinski definition) is 1. The third-order valence-electron chi connectivity index (χ3n) is 4.17. The molecule has 0 saturated carbocycles. The van der Waals surface area contributed by atoms with Crippen molar-refractivity contribution in [2.75, 3.05) is 19.6 Å². The van der Waals surface area contributed by atoms with Gasteiger partial charge in [-0.2, -0.15) is 0 Å². The Morgan fingerprint density at radius 3 is 2.75 bits per heavy atom. The molecule has 0 aromatic heterocycles. The van der Waals surface area contributed by atoms with E-state index in [1.807, 2.05) is 12.1 Å². The predicted octanol–water partition coefficient (Wildman–Crippen LogP) is 2.73. The zero-order valence-corrected chi connectivity index (χ0v) is 12.2. The Morgan fingerprint density at radius 2 is 2.15 bits per heavy atom. The molecule has 1 aliphatic heterocycles. The highest BCUT2D eigenvalue weighted by Crippen LogP contribution is 2.19. The van der Waals surface area contributed by atoms with E-state index in [-0.39, 0.29) is 16.7 Å². The number of hydrogen-bond acceptors (Lipinski definition) is 4. The number of likely N-dealkylation sites (N-methyl/N-ethyl adjacent to an activating group) is 1. The van der Waals surface area contributed by atoms with E-state index in [0.717, 1.165) is 18.7 Å². The summed E-state index contributed by atoms with van der Waals surface area (Å²) in [5.41, 5.74) is 1.24. The molecule has 5 nitrogen and oxygen atoms in total. The minimum atomic E-state index is -0.362. The Bertz CT molecular complexity index is 447. The molecule has 0 aliphatic carbocycles. The van der Waals surface area contributed by atoms with Crippen LogP contribution in [0.4, 0.5) is 5.69 Å². The highest BCUT2D eigenvalue weighted by molar-refractivity contribution is 5.34. The van der Waals surface area contributed by atoms with E-state index in [4.69, 9.17) is 0 Å². The van der Waals surface area contributed by atoms with Crippen molar-refractivity contribution < 1.29 is 4.92 Å². The van der Waals surface area contributed by atoms with Crippen molar-refractivity contribution in [1.29, 1.82) is 0 Å². The van der Waals surface area contributed by atoms with Crippen molar-refractivity contribution in [3.05, 3.63) is 39.9 Å². The van der Waals surface area contributed by atoms with Gasteiger partial charge in [0.05, 0.1) is 4.92 Å². The maximum Gasteiger partial charge on any atom is 0.269 e. The van der Waals surface area contributed by atoms with E-state index >= 15 is 0 Å². The van der Waals surface area contributed by atoms with E-state index < -0.39 is 0 Å². The fourth-order valence-electron chi connectivity index (χ4n) is 2.86. The number of likely N-dealkylation sites (tertiary alicyclic amines) is 1. The molecule has 1 heterocycles. The summed E-state index contributed by atoms with van der Waals surface area (Å²) in [5.74, 6) is 0. The minimum Gasteiger partial charge on any atom is -0.309 e. The summed E-state index contributed by atoms with van der Waals surface area (Å²) < 4.78 is 0. The van der Waals surface area contributed by atoms with Crippen molar-refractivity contribution in [2.24, 2.45) is 0 Å². The van der Waals surface area contributed by atoms with Crippen LogP contribution in [0.5, 0.6) is 0 Å². The molecular formula is C15H23N3O2. The lowest BCUT2D eigenvalue weighted by molar-refractivity contribution is -0.384. The van der Waals surface area contributed by atoms with Crippen LogP contribution in [0.1, 0.15) is 38.3 Å². The number of rotatable bonds is 6. The van der Waals surface area contributed by atoms with Gasteiger partial charge in [-0.15, -0.1) is 0 Å². The molecule has 2 unspecified atom stereocenters. The topological polar surface area (TPSA) is 58.4 Å². The Kier molecular flexibility index (Phi) is 5.09. The summed E-state index contributed by atoms with van der Waals surface area (Å²) in [6.45, 7) is 7.60. The number of nitro benzene ring substituents is 1. The van der Waals surface area contributed by atoms with Gasteiger partial charge in [0.25, 0.3) is 5.69 Å². The monoisotopic (exact) mass is 277 g/mol. The van der Waals surface area contributed by atoms with Gasteiger partial charge in [0, 0.05) is 30.8 Å². The average Bonchev–Trinajstić information content (AvgIpc) is 2.92. The highest BCUT2D eigenvalue weighted by Gasteiger charge is 2.23. The first kappa shape index (κ1) is 14.9. The fourth-order valence-corrected chi connectivity index (χ4v) is 2.86. The standard InChI is InChI=1S/C15H23N3O2/c1-3-17-10-4-5-15(17)11-16-12(2)13-6-8-14(9-7-13)18(19)20/h6-9,12,15-16H,3-5,10-11H2,1-2H3. The normalized spacial score (nSPS) is 21.0. The molecule has 0 amide bonds. The van der Waals surface area contributed by atoms with Gasteiger partial charge in [-0.1, -0.05) is 19.1 Å². The molecule has 0 bridgehead atoms. The molecule has 1 N–H and O–H groups in total. The van der Waals surface area contributed by atoms with Crippen LogP contribution in [0, 0.1) is 10.1 Å². The van der Waals surface area contributed by atoms with Gasteiger partial charge >= 0.3 is 0 Å². The van der Waals surface area contributed by atoms with Crippen LogP contribution in [0.15, 0.2) is 24.3 Å². The first-order chi connectivity index (χ1) is 9.61. The average molecular weight is 277 g/mol. The van der Waals surface area contributed by atoms with E-state index in [9.17, 15) is 10.1 Å². The molecule has 1 saturated heterocycles. The number of nitrogens with zero attached hydrogens (tertiary/aromatic N) is 2. The van der Waals surface area contributed by atoms with Crippen molar-refractivity contribution in [3.8, 4) is 0 Å². The van der Waals surface area contributed by atoms with Crippen LogP contribution in [0.2, 0.25) is 0 Å². The minimum absolute atomic E-state index is 0.147. The third-order valence-corrected chi connectivity index (χ3v) is 4.17. The van der Waals surface area contributed by atoms with E-state index in [2.05, 4.69) is 24.1 Å². The highest BCUT2D eigenvalue weighted by atomic mass is 16.6. The Balaban J connectivity index is 1.88. The second-order valence-corrected chi connectivity index (χ2v) is 5.40. The summed E-state index contributed by atoms with van der Waals surface area (Å²) in [5, 5.41) is 14.2. The van der Waals surface area contributed by atoms with Gasteiger partial charge in [0.1, 0.15) is 0 Å². The van der Waals surface area contributed by atoms with Crippen LogP contribution in [-0.4, -0.2) is 35.5 Å². The first-order valence-electron chi connectivity index (χ1n) is 7.33. The molecule has 1 aromatic rings. The van der Waals surface area contributed by atoms with Crippen LogP contribution >= 0.6 is 0 Å². The Morgan fingerprint density at radius 1 is 1.45 bits per heavy atom. The lowest BCUT2D eigenvalue weighted by Gasteiger charge is -2.25. The number of nitrogens with one attached hydrogen (secondary N) is 1. The van der Waals surface area contributed by atoms with Gasteiger partial charge in [-0.3, -0.25) is 15.0 Å². The summed E-state index contributed by atoms with van der Waals surface area (Å²) in [7, 11) is 0. The number of non-ortho nitro benzene ring substituents is 1. The third kappa shape index (κ3) is 3.55. The van der Waals surface area contributed by atoms with Gasteiger partial charge in [-0.25, -0.2) is 0 Å². The molecule has 1 aromatic carbocycles. The van der Waals surface area contributed by atoms with Crippen LogP contribution in [0.25, 0.3) is 0 Å². The maximum atomic E-state index is 10.6. The second kappa shape index (κ2) is 6.81. The lowest BCUT2D eigenvalue weighted by atomic mass is 10.1.